The van der Waals surface area contributed by atoms with Crippen LogP contribution in [-0.2, 0) is 6.54 Å². The van der Waals surface area contributed by atoms with Gasteiger partial charge in [-0.3, -0.25) is 0 Å². The molecule has 24 heavy (non-hydrogen) atoms. The Labute approximate surface area is 141 Å². The maximum Gasteiger partial charge on any atom is 0.319 e. The number of rotatable bonds is 4. The normalized spacial score (nSPS) is 10.4. The molecule has 3 rings (SSSR count). The number of tetrazole rings is 1. The molecule has 0 unspecified atom stereocenters. The van der Waals surface area contributed by atoms with Gasteiger partial charge in [-0.25, -0.2) is 9.18 Å². The van der Waals surface area contributed by atoms with Gasteiger partial charge in [-0.15, -0.1) is 5.10 Å². The number of hydrogen-bond acceptors (Lipinski definition) is 4. The van der Waals surface area contributed by atoms with E-state index in [2.05, 4.69) is 26.2 Å². The van der Waals surface area contributed by atoms with Gasteiger partial charge < -0.3 is 10.6 Å². The lowest BCUT2D eigenvalue weighted by Crippen LogP contribution is -2.29. The van der Waals surface area contributed by atoms with Crippen LogP contribution in [0.5, 0.6) is 0 Å². The first-order valence-electron chi connectivity index (χ1n) is 6.95. The molecule has 2 amide bonds. The van der Waals surface area contributed by atoms with Crippen molar-refractivity contribution in [2.75, 3.05) is 5.32 Å². The van der Waals surface area contributed by atoms with Crippen molar-refractivity contribution in [1.29, 1.82) is 0 Å². The Bertz CT molecular complexity index is 868. The topological polar surface area (TPSA) is 84.7 Å². The van der Waals surface area contributed by atoms with Gasteiger partial charge in [0.05, 0.1) is 12.2 Å². The number of nitrogens with one attached hydrogen (secondary N) is 2. The smallest absolute Gasteiger partial charge is 0.319 e. The highest BCUT2D eigenvalue weighted by Crippen LogP contribution is 2.14. The Balaban J connectivity index is 1.65. The molecule has 2 aromatic carbocycles. The quantitative estimate of drug-likeness (QED) is 0.760. The fourth-order valence-electron chi connectivity index (χ4n) is 2.03. The average molecular weight is 347 g/mol. The number of carbonyl (C=O) groups excluding carboxylic acids is 1. The number of halogens is 2. The van der Waals surface area contributed by atoms with Gasteiger partial charge in [0.15, 0.2) is 5.82 Å². The van der Waals surface area contributed by atoms with Gasteiger partial charge >= 0.3 is 6.03 Å². The average Bonchev–Trinajstić information content (AvgIpc) is 3.01. The highest BCUT2D eigenvalue weighted by atomic mass is 35.5. The number of hydrogen-bond donors (Lipinski definition) is 2. The van der Waals surface area contributed by atoms with E-state index in [1.807, 2.05) is 0 Å². The SMILES string of the molecule is O=C(NCc1nnnn1-c1cccc(F)c1)Nc1cccc(Cl)c1. The van der Waals surface area contributed by atoms with Crippen molar-refractivity contribution in [2.24, 2.45) is 0 Å². The zero-order valence-electron chi connectivity index (χ0n) is 12.3. The maximum atomic E-state index is 13.3. The molecule has 0 atom stereocenters. The third kappa shape index (κ3) is 3.85. The van der Waals surface area contributed by atoms with E-state index < -0.39 is 11.8 Å². The fraction of sp³-hybridized carbons (Fsp3) is 0.0667. The Morgan fingerprint density at radius 3 is 2.83 bits per heavy atom. The second kappa shape index (κ2) is 7.05. The van der Waals surface area contributed by atoms with Crippen molar-refractivity contribution >= 4 is 23.3 Å². The number of anilines is 1. The van der Waals surface area contributed by atoms with Crippen LogP contribution >= 0.6 is 11.6 Å². The molecule has 1 aromatic heterocycles. The molecule has 9 heteroatoms. The molecule has 0 aliphatic rings. The zero-order valence-corrected chi connectivity index (χ0v) is 13.0. The zero-order chi connectivity index (χ0) is 16.9. The fourth-order valence-corrected chi connectivity index (χ4v) is 2.22. The monoisotopic (exact) mass is 346 g/mol. The second-order valence-electron chi connectivity index (χ2n) is 4.80. The van der Waals surface area contributed by atoms with Crippen LogP contribution in [0.1, 0.15) is 5.82 Å². The molecule has 122 valence electrons. The summed E-state index contributed by atoms with van der Waals surface area (Å²) >= 11 is 5.86. The van der Waals surface area contributed by atoms with Crippen LogP contribution in [0.3, 0.4) is 0 Å². The van der Waals surface area contributed by atoms with Crippen LogP contribution in [0.15, 0.2) is 48.5 Å². The summed E-state index contributed by atoms with van der Waals surface area (Å²) in [6, 6.07) is 12.2. The molecule has 0 bridgehead atoms. The molecule has 1 heterocycles. The van der Waals surface area contributed by atoms with Gasteiger partial charge in [-0.05, 0) is 46.8 Å². The molecule has 0 saturated carbocycles. The number of aromatic nitrogens is 4. The van der Waals surface area contributed by atoms with E-state index in [0.29, 0.717) is 22.2 Å². The molecule has 3 aromatic rings. The van der Waals surface area contributed by atoms with Crippen LogP contribution in [0.4, 0.5) is 14.9 Å². The van der Waals surface area contributed by atoms with Crippen LogP contribution in [-0.4, -0.2) is 26.2 Å². The van der Waals surface area contributed by atoms with E-state index in [1.54, 1.807) is 36.4 Å². The van der Waals surface area contributed by atoms with E-state index >= 15 is 0 Å². The van der Waals surface area contributed by atoms with Gasteiger partial charge in [0.1, 0.15) is 5.82 Å². The summed E-state index contributed by atoms with van der Waals surface area (Å²) in [7, 11) is 0. The molecule has 2 N–H and O–H groups in total. The highest BCUT2D eigenvalue weighted by molar-refractivity contribution is 6.30. The molecular weight excluding hydrogens is 335 g/mol. The lowest BCUT2D eigenvalue weighted by Gasteiger charge is -2.08. The Morgan fingerprint density at radius 2 is 2.04 bits per heavy atom. The van der Waals surface area contributed by atoms with Crippen molar-refractivity contribution in [1.82, 2.24) is 25.5 Å². The molecule has 0 spiro atoms. The second-order valence-corrected chi connectivity index (χ2v) is 5.24. The summed E-state index contributed by atoms with van der Waals surface area (Å²) < 4.78 is 14.7. The van der Waals surface area contributed by atoms with Gasteiger partial charge in [0.2, 0.25) is 0 Å². The summed E-state index contributed by atoms with van der Waals surface area (Å²) in [5, 5.41) is 17.0. The molecular formula is C15H12ClFN6O. The first kappa shape index (κ1) is 15.9. The number of carbonyl (C=O) groups is 1. The first-order valence-corrected chi connectivity index (χ1v) is 7.33. The van der Waals surface area contributed by atoms with Crippen LogP contribution in [0.25, 0.3) is 5.69 Å². The van der Waals surface area contributed by atoms with Gasteiger partial charge in [-0.1, -0.05) is 23.7 Å². The van der Waals surface area contributed by atoms with E-state index in [-0.39, 0.29) is 6.54 Å². The largest absolute Gasteiger partial charge is 0.330 e. The van der Waals surface area contributed by atoms with Crippen molar-refractivity contribution in [2.45, 2.75) is 6.54 Å². The lowest BCUT2D eigenvalue weighted by molar-refractivity contribution is 0.251. The summed E-state index contributed by atoms with van der Waals surface area (Å²) in [5.74, 6) is -0.0394. The van der Waals surface area contributed by atoms with E-state index in [9.17, 15) is 9.18 Å². The number of nitrogens with zero attached hydrogens (tertiary/aromatic N) is 4. The number of urea groups is 1. The summed E-state index contributed by atoms with van der Waals surface area (Å²) in [4.78, 5) is 11.9. The standard InChI is InChI=1S/C15H12ClFN6O/c16-10-3-1-5-12(7-10)19-15(24)18-9-14-20-21-22-23(14)13-6-2-4-11(17)8-13/h1-8H,9H2,(H2,18,19,24). The predicted octanol–water partition coefficient (Wildman–Crippen LogP) is 2.78. The summed E-state index contributed by atoms with van der Waals surface area (Å²) in [5.41, 5.74) is 1.02. The number of benzene rings is 2. The Hall–Kier alpha value is -3.00. The van der Waals surface area contributed by atoms with Crippen molar-refractivity contribution in [3.8, 4) is 5.69 Å². The van der Waals surface area contributed by atoms with E-state index in [1.165, 1.54) is 16.8 Å². The van der Waals surface area contributed by atoms with E-state index in [0.717, 1.165) is 0 Å². The molecule has 0 aliphatic heterocycles. The molecule has 0 fully saturated rings. The lowest BCUT2D eigenvalue weighted by atomic mass is 10.3. The van der Waals surface area contributed by atoms with Crippen molar-refractivity contribution < 1.29 is 9.18 Å². The molecule has 0 radical (unpaired) electrons. The molecule has 7 nitrogen and oxygen atoms in total. The first-order chi connectivity index (χ1) is 11.6. The maximum absolute atomic E-state index is 13.3. The minimum Gasteiger partial charge on any atom is -0.330 e. The minimum absolute atomic E-state index is 0.0654. The van der Waals surface area contributed by atoms with Crippen LogP contribution < -0.4 is 10.6 Å². The Morgan fingerprint density at radius 1 is 1.21 bits per heavy atom. The van der Waals surface area contributed by atoms with Crippen molar-refractivity contribution in [3.05, 3.63) is 65.2 Å². The third-order valence-electron chi connectivity index (χ3n) is 3.08. The highest BCUT2D eigenvalue weighted by Gasteiger charge is 2.10. The Kier molecular flexibility index (Phi) is 4.66. The van der Waals surface area contributed by atoms with E-state index in [4.69, 9.17) is 11.6 Å². The summed E-state index contributed by atoms with van der Waals surface area (Å²) in [6.45, 7) is 0.0654. The number of amides is 2. The molecule has 0 aliphatic carbocycles. The van der Waals surface area contributed by atoms with Gasteiger partial charge in [0, 0.05) is 10.7 Å². The van der Waals surface area contributed by atoms with Gasteiger partial charge in [0.25, 0.3) is 0 Å². The summed E-state index contributed by atoms with van der Waals surface area (Å²) in [6.07, 6.45) is 0. The predicted molar refractivity (Wildman–Crippen MR) is 86.4 cm³/mol. The van der Waals surface area contributed by atoms with Crippen LogP contribution in [0, 0.1) is 5.82 Å². The molecule has 0 saturated heterocycles. The third-order valence-corrected chi connectivity index (χ3v) is 3.31. The van der Waals surface area contributed by atoms with Crippen LogP contribution in [0.2, 0.25) is 5.02 Å². The minimum atomic E-state index is -0.439. The van der Waals surface area contributed by atoms with Gasteiger partial charge in [-0.2, -0.15) is 4.68 Å². The van der Waals surface area contributed by atoms with Crippen molar-refractivity contribution in [3.63, 3.8) is 0 Å².